The largest absolute Gasteiger partial charge is 0.315 e. The first-order valence-corrected chi connectivity index (χ1v) is 14.0. The first-order chi connectivity index (χ1) is 16.2. The van der Waals surface area contributed by atoms with Crippen molar-refractivity contribution in [3.8, 4) is 0 Å². The Bertz CT molecular complexity index is 435. The van der Waals surface area contributed by atoms with Gasteiger partial charge in [0, 0.05) is 89.6 Å². The molecule has 0 aromatic carbocycles. The molecule has 0 unspecified atom stereocenters. The van der Waals surface area contributed by atoms with Crippen LogP contribution in [0.5, 0.6) is 0 Å². The average molecular weight is 485 g/mol. The van der Waals surface area contributed by atoms with Gasteiger partial charge in [0.05, 0.1) is 0 Å². The van der Waals surface area contributed by atoms with E-state index in [1.54, 1.807) is 0 Å². The third kappa shape index (κ3) is 17.2. The predicted molar refractivity (Wildman–Crippen MR) is 149 cm³/mol. The molecule has 0 radical (unpaired) electrons. The lowest BCUT2D eigenvalue weighted by Crippen LogP contribution is -2.49. The topological polar surface area (TPSA) is 78.7 Å². The highest BCUT2D eigenvalue weighted by Gasteiger charge is 2.21. The van der Waals surface area contributed by atoms with Crippen LogP contribution in [-0.2, 0) is 0 Å². The van der Waals surface area contributed by atoms with Gasteiger partial charge in [-0.2, -0.15) is 0 Å². The second-order valence-corrected chi connectivity index (χ2v) is 11.5. The first kappa shape index (κ1) is 31.7. The monoisotopic (exact) mass is 484 g/mol. The van der Waals surface area contributed by atoms with Gasteiger partial charge in [-0.3, -0.25) is 9.80 Å². The Labute approximate surface area is 212 Å². The fourth-order valence-corrected chi connectivity index (χ4v) is 4.22. The Morgan fingerprint density at radius 2 is 0.647 bits per heavy atom. The van der Waals surface area contributed by atoms with Crippen LogP contribution in [0.15, 0.2) is 0 Å². The minimum Gasteiger partial charge on any atom is -0.315 e. The van der Waals surface area contributed by atoms with Gasteiger partial charge in [0.25, 0.3) is 0 Å². The maximum Gasteiger partial charge on any atom is 0.0126 e. The lowest BCUT2D eigenvalue weighted by atomic mass is 10.1. The molecule has 0 amide bonds. The van der Waals surface area contributed by atoms with Crippen LogP contribution in [0.1, 0.15) is 54.4 Å². The molecule has 0 saturated carbocycles. The zero-order valence-corrected chi connectivity index (χ0v) is 23.6. The van der Waals surface area contributed by atoms with Crippen LogP contribution in [0.3, 0.4) is 0 Å². The molecule has 0 aliphatic carbocycles. The predicted octanol–water partition coefficient (Wildman–Crippen LogP) is 0.519. The van der Waals surface area contributed by atoms with Crippen LogP contribution in [0, 0.1) is 0 Å². The van der Waals surface area contributed by atoms with E-state index in [1.165, 1.54) is 19.4 Å². The van der Waals surface area contributed by atoms with Crippen molar-refractivity contribution in [2.75, 3.05) is 105 Å². The van der Waals surface area contributed by atoms with Gasteiger partial charge < -0.3 is 31.9 Å². The molecule has 8 nitrogen and oxygen atoms in total. The summed E-state index contributed by atoms with van der Waals surface area (Å²) in [6.45, 7) is 31.5. The third-order valence-electron chi connectivity index (χ3n) is 6.50. The minimum absolute atomic E-state index is 0.270. The zero-order chi connectivity index (χ0) is 25.1. The van der Waals surface area contributed by atoms with Gasteiger partial charge in [0.1, 0.15) is 0 Å². The summed E-state index contributed by atoms with van der Waals surface area (Å²) in [4.78, 5) is 5.13. The maximum absolute atomic E-state index is 3.54. The average Bonchev–Trinajstić information content (AvgIpc) is 2.74. The van der Waals surface area contributed by atoms with E-state index < -0.39 is 0 Å². The van der Waals surface area contributed by atoms with E-state index >= 15 is 0 Å². The molecule has 2 fully saturated rings. The van der Waals surface area contributed by atoms with Crippen molar-refractivity contribution in [1.29, 1.82) is 0 Å². The molecular weight excluding hydrogens is 424 g/mol. The molecule has 204 valence electrons. The van der Waals surface area contributed by atoms with Gasteiger partial charge >= 0.3 is 0 Å². The Hall–Kier alpha value is -0.320. The second kappa shape index (κ2) is 18.9. The summed E-state index contributed by atoms with van der Waals surface area (Å²) in [5, 5.41) is 20.9. The van der Waals surface area contributed by atoms with E-state index in [1.807, 2.05) is 0 Å². The van der Waals surface area contributed by atoms with E-state index in [-0.39, 0.29) is 11.1 Å². The molecule has 8 heteroatoms. The van der Waals surface area contributed by atoms with Crippen LogP contribution >= 0.6 is 0 Å². The van der Waals surface area contributed by atoms with Crippen molar-refractivity contribution in [1.82, 2.24) is 41.7 Å². The second-order valence-electron chi connectivity index (χ2n) is 11.5. The van der Waals surface area contributed by atoms with Crippen LogP contribution in [-0.4, -0.2) is 126 Å². The van der Waals surface area contributed by atoms with E-state index in [9.17, 15) is 0 Å². The molecule has 0 aromatic heterocycles. The van der Waals surface area contributed by atoms with Gasteiger partial charge in [-0.05, 0) is 80.6 Å². The molecular formula is C26H60N8. The van der Waals surface area contributed by atoms with Crippen LogP contribution in [0.4, 0.5) is 0 Å². The molecule has 0 bridgehead atoms. The number of hydrogen-bond acceptors (Lipinski definition) is 8. The van der Waals surface area contributed by atoms with Gasteiger partial charge in [0.2, 0.25) is 0 Å². The van der Waals surface area contributed by atoms with Crippen molar-refractivity contribution in [3.63, 3.8) is 0 Å². The molecule has 0 aromatic rings. The van der Waals surface area contributed by atoms with E-state index in [4.69, 9.17) is 0 Å². The summed E-state index contributed by atoms with van der Waals surface area (Å²) in [7, 11) is 0. The normalized spacial score (nSPS) is 23.5. The zero-order valence-electron chi connectivity index (χ0n) is 23.6. The molecule has 2 saturated heterocycles. The van der Waals surface area contributed by atoms with Crippen LogP contribution < -0.4 is 31.9 Å². The van der Waals surface area contributed by atoms with Crippen molar-refractivity contribution < 1.29 is 0 Å². The van der Waals surface area contributed by atoms with E-state index in [0.29, 0.717) is 0 Å². The van der Waals surface area contributed by atoms with Crippen molar-refractivity contribution >= 4 is 0 Å². The highest BCUT2D eigenvalue weighted by molar-refractivity contribution is 4.78. The molecule has 6 N–H and O–H groups in total. The summed E-state index contributed by atoms with van der Waals surface area (Å²) in [6.07, 6.45) is 2.45. The molecule has 0 spiro atoms. The Morgan fingerprint density at radius 1 is 0.353 bits per heavy atom. The van der Waals surface area contributed by atoms with Crippen LogP contribution in [0.25, 0.3) is 0 Å². The summed E-state index contributed by atoms with van der Waals surface area (Å²) in [6, 6.07) is 0. The Balaban J connectivity index is 0.000000342. The molecule has 34 heavy (non-hydrogen) atoms. The fraction of sp³-hybridized carbons (Fsp3) is 1.00. The molecule has 2 aliphatic rings. The third-order valence-corrected chi connectivity index (χ3v) is 6.50. The molecule has 0 atom stereocenters. The lowest BCUT2D eigenvalue weighted by molar-refractivity contribution is 0.135. The van der Waals surface area contributed by atoms with Gasteiger partial charge in [-0.15, -0.1) is 0 Å². The number of nitrogens with zero attached hydrogens (tertiary/aromatic N) is 2. The summed E-state index contributed by atoms with van der Waals surface area (Å²) >= 11 is 0. The summed E-state index contributed by atoms with van der Waals surface area (Å²) in [5.41, 5.74) is 0.548. The number of nitrogens with one attached hydrogen (secondary N) is 6. The van der Waals surface area contributed by atoms with Crippen molar-refractivity contribution in [2.45, 2.75) is 65.5 Å². The highest BCUT2D eigenvalue weighted by atomic mass is 15.2. The number of hydrogen-bond donors (Lipinski definition) is 6. The van der Waals surface area contributed by atoms with Gasteiger partial charge in [-0.25, -0.2) is 0 Å². The standard InChI is InChI=1S/C14H32N4.C12H28N4/c1-14(2,3)18-12-5-8-16-10-9-15-6-4-7-17-11-13-18;1-12(2,3)16-10-8-14-6-4-13-5-7-15-9-11-16/h15-17H,4-13H2,1-3H3;13-15H,4-11H2,1-3H3. The summed E-state index contributed by atoms with van der Waals surface area (Å²) < 4.78 is 0. The first-order valence-electron chi connectivity index (χ1n) is 14.0. The quantitative estimate of drug-likeness (QED) is 0.297. The Morgan fingerprint density at radius 3 is 1.06 bits per heavy atom. The lowest BCUT2D eigenvalue weighted by Gasteiger charge is -2.36. The Kier molecular flexibility index (Phi) is 17.6. The fourth-order valence-electron chi connectivity index (χ4n) is 4.22. The minimum atomic E-state index is 0.270. The highest BCUT2D eigenvalue weighted by Crippen LogP contribution is 2.13. The van der Waals surface area contributed by atoms with Crippen molar-refractivity contribution in [2.24, 2.45) is 0 Å². The van der Waals surface area contributed by atoms with Crippen LogP contribution in [0.2, 0.25) is 0 Å². The molecule has 2 heterocycles. The summed E-state index contributed by atoms with van der Waals surface area (Å²) in [5.74, 6) is 0. The van der Waals surface area contributed by atoms with E-state index in [2.05, 4.69) is 83.2 Å². The molecule has 2 aliphatic heterocycles. The molecule has 2 rings (SSSR count). The van der Waals surface area contributed by atoms with Gasteiger partial charge in [0.15, 0.2) is 0 Å². The number of rotatable bonds is 0. The smallest absolute Gasteiger partial charge is 0.0126 e. The van der Waals surface area contributed by atoms with E-state index in [0.717, 1.165) is 98.2 Å². The SMILES string of the molecule is CC(C)(C)N1CCCNCCNCCCNCC1.CC(C)(C)N1CCNCCNCCNCC1. The van der Waals surface area contributed by atoms with Gasteiger partial charge in [-0.1, -0.05) is 0 Å². The van der Waals surface area contributed by atoms with Crippen molar-refractivity contribution in [3.05, 3.63) is 0 Å². The maximum atomic E-state index is 3.54.